The fourth-order valence-corrected chi connectivity index (χ4v) is 4.82. The van der Waals surface area contributed by atoms with Crippen LogP contribution < -0.4 is 5.32 Å². The van der Waals surface area contributed by atoms with E-state index in [9.17, 15) is 13.2 Å². The molecule has 26 heavy (non-hydrogen) atoms. The summed E-state index contributed by atoms with van der Waals surface area (Å²) in [7, 11) is -4.10. The maximum Gasteiger partial charge on any atom is 0.267 e. The SMILES string of the molecule is CCCCCCCCCCCCSCCC(=O)NC(C)(C)CS(=O)(=O)O. The summed E-state index contributed by atoms with van der Waals surface area (Å²) in [5, 5.41) is 2.66. The molecule has 5 nitrogen and oxygen atoms in total. The summed E-state index contributed by atoms with van der Waals surface area (Å²) in [6.45, 7) is 5.43. The molecule has 0 heterocycles. The molecular formula is C19H39NO4S2. The monoisotopic (exact) mass is 409 g/mol. The molecule has 0 rings (SSSR count). The van der Waals surface area contributed by atoms with Gasteiger partial charge in [-0.1, -0.05) is 64.7 Å². The van der Waals surface area contributed by atoms with E-state index < -0.39 is 21.4 Å². The van der Waals surface area contributed by atoms with Crippen molar-refractivity contribution in [1.29, 1.82) is 0 Å². The van der Waals surface area contributed by atoms with E-state index in [4.69, 9.17) is 4.55 Å². The van der Waals surface area contributed by atoms with Crippen molar-refractivity contribution in [1.82, 2.24) is 5.32 Å². The summed E-state index contributed by atoms with van der Waals surface area (Å²) in [4.78, 5) is 11.8. The number of thioether (sulfide) groups is 1. The van der Waals surface area contributed by atoms with E-state index in [0.717, 1.165) is 11.5 Å². The second-order valence-electron chi connectivity index (χ2n) is 7.70. The first-order valence-electron chi connectivity index (χ1n) is 10.0. The minimum atomic E-state index is -4.10. The van der Waals surface area contributed by atoms with Crippen LogP contribution in [0.5, 0.6) is 0 Å². The third-order valence-corrected chi connectivity index (χ3v) is 6.29. The zero-order chi connectivity index (χ0) is 19.9. The molecule has 0 bridgehead atoms. The highest BCUT2D eigenvalue weighted by molar-refractivity contribution is 7.99. The number of hydrogen-bond acceptors (Lipinski definition) is 4. The van der Waals surface area contributed by atoms with Crippen molar-refractivity contribution in [2.75, 3.05) is 17.3 Å². The van der Waals surface area contributed by atoms with E-state index in [1.54, 1.807) is 25.6 Å². The van der Waals surface area contributed by atoms with Gasteiger partial charge in [-0.05, 0) is 26.0 Å². The molecule has 0 aromatic carbocycles. The number of hydrogen-bond donors (Lipinski definition) is 2. The average molecular weight is 410 g/mol. The quantitative estimate of drug-likeness (QED) is 0.266. The van der Waals surface area contributed by atoms with Crippen molar-refractivity contribution >= 4 is 27.8 Å². The van der Waals surface area contributed by atoms with Gasteiger partial charge >= 0.3 is 0 Å². The first kappa shape index (κ1) is 25.7. The van der Waals surface area contributed by atoms with Crippen LogP contribution in [0.15, 0.2) is 0 Å². The molecule has 156 valence electrons. The lowest BCUT2D eigenvalue weighted by atomic mass is 10.1. The Morgan fingerprint density at radius 1 is 0.923 bits per heavy atom. The predicted molar refractivity (Wildman–Crippen MR) is 112 cm³/mol. The van der Waals surface area contributed by atoms with Gasteiger partial charge in [0.1, 0.15) is 0 Å². The van der Waals surface area contributed by atoms with E-state index in [-0.39, 0.29) is 5.91 Å². The van der Waals surface area contributed by atoms with Crippen LogP contribution in [0.4, 0.5) is 0 Å². The van der Waals surface area contributed by atoms with Crippen molar-refractivity contribution in [3.63, 3.8) is 0 Å². The summed E-state index contributed by atoms with van der Waals surface area (Å²) in [5.74, 6) is 1.16. The third kappa shape index (κ3) is 18.5. The van der Waals surface area contributed by atoms with E-state index >= 15 is 0 Å². The van der Waals surface area contributed by atoms with Gasteiger partial charge in [0.05, 0.1) is 11.3 Å². The molecule has 0 spiro atoms. The summed E-state index contributed by atoms with van der Waals surface area (Å²) in [5.41, 5.74) is -0.953. The van der Waals surface area contributed by atoms with Crippen LogP contribution in [0.1, 0.15) is 91.4 Å². The van der Waals surface area contributed by atoms with E-state index in [2.05, 4.69) is 12.2 Å². The minimum absolute atomic E-state index is 0.172. The number of rotatable bonds is 17. The minimum Gasteiger partial charge on any atom is -0.350 e. The van der Waals surface area contributed by atoms with Gasteiger partial charge in [-0.15, -0.1) is 0 Å². The molecule has 0 fully saturated rings. The molecule has 2 N–H and O–H groups in total. The Balaban J connectivity index is 3.48. The normalized spacial score (nSPS) is 12.3. The standard InChI is InChI=1S/C19H39NO4S2/c1-4-5-6-7-8-9-10-11-12-13-15-25-16-14-18(21)20-19(2,3)17-26(22,23)24/h4-17H2,1-3H3,(H,20,21)(H,22,23,24). The van der Waals surface area contributed by atoms with Crippen LogP contribution in [0.3, 0.4) is 0 Å². The fourth-order valence-electron chi connectivity index (χ4n) is 2.89. The molecule has 0 aliphatic rings. The van der Waals surface area contributed by atoms with Crippen molar-refractivity contribution < 1.29 is 17.8 Å². The maximum absolute atomic E-state index is 11.8. The molecule has 0 aliphatic carbocycles. The lowest BCUT2D eigenvalue weighted by molar-refractivity contribution is -0.122. The third-order valence-electron chi connectivity index (χ3n) is 4.14. The van der Waals surface area contributed by atoms with Gasteiger partial charge in [-0.25, -0.2) is 0 Å². The van der Waals surface area contributed by atoms with Crippen LogP contribution in [0.2, 0.25) is 0 Å². The average Bonchev–Trinajstić information content (AvgIpc) is 2.48. The Morgan fingerprint density at radius 2 is 1.42 bits per heavy atom. The largest absolute Gasteiger partial charge is 0.350 e. The van der Waals surface area contributed by atoms with Gasteiger partial charge in [-0.3, -0.25) is 9.35 Å². The molecule has 1 amide bonds. The molecule has 0 aromatic heterocycles. The Bertz CT molecular complexity index is 464. The molecule has 0 aromatic rings. The van der Waals surface area contributed by atoms with Gasteiger partial charge < -0.3 is 5.32 Å². The van der Waals surface area contributed by atoms with E-state index in [0.29, 0.717) is 6.42 Å². The van der Waals surface area contributed by atoms with Crippen molar-refractivity contribution in [2.45, 2.75) is 96.9 Å². The van der Waals surface area contributed by atoms with Gasteiger partial charge in [-0.2, -0.15) is 20.2 Å². The van der Waals surface area contributed by atoms with Crippen molar-refractivity contribution in [2.24, 2.45) is 0 Å². The van der Waals surface area contributed by atoms with Gasteiger partial charge in [0.2, 0.25) is 5.91 Å². The number of carbonyl (C=O) groups is 1. The lowest BCUT2D eigenvalue weighted by Crippen LogP contribution is -2.48. The second-order valence-corrected chi connectivity index (χ2v) is 10.4. The van der Waals surface area contributed by atoms with Gasteiger partial charge in [0.15, 0.2) is 0 Å². The van der Waals surface area contributed by atoms with E-state index in [1.807, 2.05) is 0 Å². The van der Waals surface area contributed by atoms with Crippen LogP contribution in [-0.4, -0.2) is 41.7 Å². The number of carbonyl (C=O) groups excluding carboxylic acids is 1. The molecule has 0 unspecified atom stereocenters. The molecule has 0 saturated heterocycles. The van der Waals surface area contributed by atoms with Crippen LogP contribution in [-0.2, 0) is 14.9 Å². The first-order valence-corrected chi connectivity index (χ1v) is 12.8. The molecule has 0 atom stereocenters. The van der Waals surface area contributed by atoms with Crippen molar-refractivity contribution in [3.05, 3.63) is 0 Å². The smallest absolute Gasteiger partial charge is 0.267 e. The molecule has 0 radical (unpaired) electrons. The van der Waals surface area contributed by atoms with Crippen LogP contribution >= 0.6 is 11.8 Å². The number of unbranched alkanes of at least 4 members (excludes halogenated alkanes) is 9. The molecule has 0 aliphatic heterocycles. The topological polar surface area (TPSA) is 83.5 Å². The summed E-state index contributed by atoms with van der Waals surface area (Å²) in [6, 6.07) is 0. The van der Waals surface area contributed by atoms with Gasteiger partial charge in [0.25, 0.3) is 10.1 Å². The first-order chi connectivity index (χ1) is 12.2. The van der Waals surface area contributed by atoms with Crippen LogP contribution in [0.25, 0.3) is 0 Å². The lowest BCUT2D eigenvalue weighted by Gasteiger charge is -2.24. The number of amides is 1. The fraction of sp³-hybridized carbons (Fsp3) is 0.947. The van der Waals surface area contributed by atoms with Gasteiger partial charge in [0, 0.05) is 12.2 Å². The molecule has 0 saturated carbocycles. The highest BCUT2D eigenvalue weighted by Crippen LogP contribution is 2.13. The second kappa shape index (κ2) is 14.7. The Morgan fingerprint density at radius 3 is 1.92 bits per heavy atom. The van der Waals surface area contributed by atoms with Crippen molar-refractivity contribution in [3.8, 4) is 0 Å². The highest BCUT2D eigenvalue weighted by atomic mass is 32.2. The Kier molecular flexibility index (Phi) is 14.6. The van der Waals surface area contributed by atoms with E-state index in [1.165, 1.54) is 64.2 Å². The zero-order valence-electron chi connectivity index (χ0n) is 16.9. The predicted octanol–water partition coefficient (Wildman–Crippen LogP) is 4.81. The number of nitrogens with one attached hydrogen (secondary N) is 1. The van der Waals surface area contributed by atoms with Crippen LogP contribution in [0, 0.1) is 0 Å². The summed E-state index contributed by atoms with van der Waals surface area (Å²) < 4.78 is 30.7. The summed E-state index contributed by atoms with van der Waals surface area (Å²) >= 11 is 1.77. The molecular weight excluding hydrogens is 370 g/mol. The molecule has 7 heteroatoms. The Labute approximate surface area is 165 Å². The Hall–Kier alpha value is -0.270. The zero-order valence-corrected chi connectivity index (χ0v) is 18.5. The summed E-state index contributed by atoms with van der Waals surface area (Å²) in [6.07, 6.45) is 13.6. The highest BCUT2D eigenvalue weighted by Gasteiger charge is 2.26. The maximum atomic E-state index is 11.8.